The summed E-state index contributed by atoms with van der Waals surface area (Å²) in [5.41, 5.74) is 2.36. The first kappa shape index (κ1) is 14.8. The van der Waals surface area contributed by atoms with Crippen LogP contribution >= 0.6 is 0 Å². The highest BCUT2D eigenvalue weighted by Gasteiger charge is 2.26. The summed E-state index contributed by atoms with van der Waals surface area (Å²) in [6.07, 6.45) is 1.86. The second-order valence-corrected chi connectivity index (χ2v) is 7.35. The zero-order valence-corrected chi connectivity index (χ0v) is 13.2. The zero-order valence-electron chi connectivity index (χ0n) is 12.4. The van der Waals surface area contributed by atoms with E-state index in [2.05, 4.69) is 6.07 Å². The van der Waals surface area contributed by atoms with Crippen LogP contribution in [0.2, 0.25) is 0 Å². The van der Waals surface area contributed by atoms with Crippen molar-refractivity contribution in [3.05, 3.63) is 42.1 Å². The Kier molecular flexibility index (Phi) is 3.77. The highest BCUT2D eigenvalue weighted by Crippen LogP contribution is 2.25. The fraction of sp³-hybridized carbons (Fsp3) is 0.312. The summed E-state index contributed by atoms with van der Waals surface area (Å²) in [6.45, 7) is 1.21. The molecule has 0 aliphatic carbocycles. The van der Waals surface area contributed by atoms with Gasteiger partial charge in [-0.3, -0.25) is 0 Å². The first-order valence-electron chi connectivity index (χ1n) is 7.20. The maximum absolute atomic E-state index is 12.5. The summed E-state index contributed by atoms with van der Waals surface area (Å²) < 4.78 is 28.3. The molecule has 0 spiro atoms. The van der Waals surface area contributed by atoms with Crippen LogP contribution in [-0.4, -0.2) is 30.4 Å². The van der Waals surface area contributed by atoms with Gasteiger partial charge in [0.05, 0.1) is 4.90 Å². The number of aromatic nitrogens is 1. The zero-order chi connectivity index (χ0) is 15.7. The predicted octanol–water partition coefficient (Wildman–Crippen LogP) is 2.35. The Morgan fingerprint density at radius 2 is 1.68 bits per heavy atom. The van der Waals surface area contributed by atoms with Crippen LogP contribution in [0.1, 0.15) is 18.5 Å². The SMILES string of the molecule is Cn1c(C#N)ccc1-c1ccc(S(=O)(=O)N2CCCC2)cc1. The fourth-order valence-electron chi connectivity index (χ4n) is 2.79. The van der Waals surface area contributed by atoms with E-state index in [1.807, 2.05) is 13.1 Å². The number of benzene rings is 1. The molecule has 2 aromatic rings. The molecule has 1 fully saturated rings. The van der Waals surface area contributed by atoms with Crippen molar-refractivity contribution in [3.8, 4) is 17.3 Å². The molecule has 2 heterocycles. The van der Waals surface area contributed by atoms with Crippen LogP contribution in [0.25, 0.3) is 11.3 Å². The highest BCUT2D eigenvalue weighted by atomic mass is 32.2. The maximum Gasteiger partial charge on any atom is 0.243 e. The molecule has 0 atom stereocenters. The van der Waals surface area contributed by atoms with Crippen molar-refractivity contribution in [3.63, 3.8) is 0 Å². The molecule has 0 bridgehead atoms. The molecule has 1 aromatic heterocycles. The minimum Gasteiger partial charge on any atom is -0.335 e. The average Bonchev–Trinajstić information content (AvgIpc) is 3.17. The maximum atomic E-state index is 12.5. The van der Waals surface area contributed by atoms with Crippen LogP contribution in [0.3, 0.4) is 0 Å². The second kappa shape index (κ2) is 5.59. The van der Waals surface area contributed by atoms with Crippen molar-refractivity contribution in [2.24, 2.45) is 7.05 Å². The third-order valence-corrected chi connectivity index (χ3v) is 6.00. The largest absolute Gasteiger partial charge is 0.335 e. The van der Waals surface area contributed by atoms with E-state index in [4.69, 9.17) is 5.26 Å². The monoisotopic (exact) mass is 315 g/mol. The molecule has 3 rings (SSSR count). The van der Waals surface area contributed by atoms with E-state index in [0.29, 0.717) is 23.7 Å². The van der Waals surface area contributed by atoms with Crippen LogP contribution in [0.15, 0.2) is 41.3 Å². The molecule has 114 valence electrons. The summed E-state index contributed by atoms with van der Waals surface area (Å²) in [5, 5.41) is 9.00. The minimum atomic E-state index is -3.37. The van der Waals surface area contributed by atoms with E-state index < -0.39 is 10.0 Å². The number of hydrogen-bond acceptors (Lipinski definition) is 3. The minimum absolute atomic E-state index is 0.327. The van der Waals surface area contributed by atoms with Gasteiger partial charge in [-0.15, -0.1) is 0 Å². The fourth-order valence-corrected chi connectivity index (χ4v) is 4.31. The second-order valence-electron chi connectivity index (χ2n) is 5.41. The van der Waals surface area contributed by atoms with E-state index in [1.54, 1.807) is 34.9 Å². The number of nitriles is 1. The Balaban J connectivity index is 1.93. The third-order valence-electron chi connectivity index (χ3n) is 4.09. The standard InChI is InChI=1S/C16H17N3O2S/c1-18-14(12-17)6-9-16(18)13-4-7-15(8-5-13)22(20,21)19-10-2-3-11-19/h4-9H,2-3,10-11H2,1H3. The Hall–Kier alpha value is -2.10. The van der Waals surface area contributed by atoms with Gasteiger partial charge in [-0.05, 0) is 42.7 Å². The van der Waals surface area contributed by atoms with Gasteiger partial charge in [-0.1, -0.05) is 12.1 Å². The first-order chi connectivity index (χ1) is 10.5. The molecule has 1 aromatic carbocycles. The van der Waals surface area contributed by atoms with Gasteiger partial charge in [0.1, 0.15) is 11.8 Å². The predicted molar refractivity (Wildman–Crippen MR) is 83.6 cm³/mol. The lowest BCUT2D eigenvalue weighted by Crippen LogP contribution is -2.27. The van der Waals surface area contributed by atoms with Gasteiger partial charge in [0.2, 0.25) is 10.0 Å². The van der Waals surface area contributed by atoms with E-state index in [1.165, 1.54) is 4.31 Å². The Morgan fingerprint density at radius 3 is 2.23 bits per heavy atom. The number of nitrogens with zero attached hydrogens (tertiary/aromatic N) is 3. The van der Waals surface area contributed by atoms with Gasteiger partial charge in [0.15, 0.2) is 0 Å². The summed E-state index contributed by atoms with van der Waals surface area (Å²) in [4.78, 5) is 0.327. The number of sulfonamides is 1. The summed E-state index contributed by atoms with van der Waals surface area (Å²) >= 11 is 0. The van der Waals surface area contributed by atoms with Gasteiger partial charge >= 0.3 is 0 Å². The van der Waals surface area contributed by atoms with E-state index >= 15 is 0 Å². The molecule has 0 unspecified atom stereocenters. The summed E-state index contributed by atoms with van der Waals surface area (Å²) in [7, 11) is -1.55. The lowest BCUT2D eigenvalue weighted by atomic mass is 10.1. The Bertz CT molecular complexity index is 823. The quantitative estimate of drug-likeness (QED) is 0.873. The number of rotatable bonds is 3. The average molecular weight is 315 g/mol. The molecule has 1 aliphatic rings. The normalized spacial score (nSPS) is 15.8. The molecule has 1 aliphatic heterocycles. The van der Waals surface area contributed by atoms with Gasteiger partial charge in [0.25, 0.3) is 0 Å². The third kappa shape index (κ3) is 2.43. The van der Waals surface area contributed by atoms with Crippen LogP contribution in [0.5, 0.6) is 0 Å². The molecule has 0 radical (unpaired) electrons. The lowest BCUT2D eigenvalue weighted by Gasteiger charge is -2.15. The van der Waals surface area contributed by atoms with Crippen molar-refractivity contribution < 1.29 is 8.42 Å². The Labute approximate surface area is 130 Å². The Morgan fingerprint density at radius 1 is 1.05 bits per heavy atom. The van der Waals surface area contributed by atoms with Gasteiger partial charge < -0.3 is 4.57 Å². The molecule has 22 heavy (non-hydrogen) atoms. The molecule has 6 heteroatoms. The van der Waals surface area contributed by atoms with E-state index in [9.17, 15) is 8.42 Å². The topological polar surface area (TPSA) is 66.1 Å². The highest BCUT2D eigenvalue weighted by molar-refractivity contribution is 7.89. The molecular weight excluding hydrogens is 298 g/mol. The van der Waals surface area contributed by atoms with Crippen molar-refractivity contribution in [2.45, 2.75) is 17.7 Å². The van der Waals surface area contributed by atoms with Crippen molar-refractivity contribution >= 4 is 10.0 Å². The van der Waals surface area contributed by atoms with Crippen molar-refractivity contribution in [1.29, 1.82) is 5.26 Å². The summed E-state index contributed by atoms with van der Waals surface area (Å²) in [5.74, 6) is 0. The van der Waals surface area contributed by atoms with E-state index in [-0.39, 0.29) is 0 Å². The first-order valence-corrected chi connectivity index (χ1v) is 8.64. The van der Waals surface area contributed by atoms with Gasteiger partial charge in [0, 0.05) is 25.8 Å². The van der Waals surface area contributed by atoms with Crippen LogP contribution in [0, 0.1) is 11.3 Å². The molecule has 1 saturated heterocycles. The van der Waals surface area contributed by atoms with Gasteiger partial charge in [-0.25, -0.2) is 8.42 Å². The lowest BCUT2D eigenvalue weighted by molar-refractivity contribution is 0.477. The molecular formula is C16H17N3O2S. The number of hydrogen-bond donors (Lipinski definition) is 0. The van der Waals surface area contributed by atoms with Crippen molar-refractivity contribution in [1.82, 2.24) is 8.87 Å². The van der Waals surface area contributed by atoms with E-state index in [0.717, 1.165) is 24.1 Å². The molecule has 5 nitrogen and oxygen atoms in total. The molecule has 0 amide bonds. The van der Waals surface area contributed by atoms with Crippen molar-refractivity contribution in [2.75, 3.05) is 13.1 Å². The van der Waals surface area contributed by atoms with Gasteiger partial charge in [-0.2, -0.15) is 9.57 Å². The molecule has 0 N–H and O–H groups in total. The molecule has 0 saturated carbocycles. The van der Waals surface area contributed by atoms with Crippen LogP contribution in [-0.2, 0) is 17.1 Å². The van der Waals surface area contributed by atoms with Crippen LogP contribution in [0.4, 0.5) is 0 Å². The summed E-state index contributed by atoms with van der Waals surface area (Å²) in [6, 6.07) is 12.6. The smallest absolute Gasteiger partial charge is 0.243 e. The van der Waals surface area contributed by atoms with Crippen LogP contribution < -0.4 is 0 Å².